The minimum absolute atomic E-state index is 0.0371. The fraction of sp³-hybridized carbons (Fsp3) is 0.615. The predicted octanol–water partition coefficient (Wildman–Crippen LogP) is 2.06. The Labute approximate surface area is 121 Å². The molecule has 2 heterocycles. The van der Waals surface area contributed by atoms with Crippen molar-refractivity contribution in [1.29, 1.82) is 0 Å². The summed E-state index contributed by atoms with van der Waals surface area (Å²) in [5.74, 6) is 0.0371. The third-order valence-electron chi connectivity index (χ3n) is 3.25. The summed E-state index contributed by atoms with van der Waals surface area (Å²) in [5.41, 5.74) is -0.736. The van der Waals surface area contributed by atoms with Crippen LogP contribution in [0.4, 0.5) is 0 Å². The highest BCUT2D eigenvalue weighted by molar-refractivity contribution is 7.18. The van der Waals surface area contributed by atoms with Gasteiger partial charge in [0.25, 0.3) is 0 Å². The maximum absolute atomic E-state index is 12.0. The number of thiophene rings is 1. The summed E-state index contributed by atoms with van der Waals surface area (Å²) in [6, 6.07) is 3.47. The van der Waals surface area contributed by atoms with Crippen LogP contribution in [-0.2, 0) is 4.74 Å². The third-order valence-corrected chi connectivity index (χ3v) is 4.52. The van der Waals surface area contributed by atoms with Gasteiger partial charge < -0.3 is 9.84 Å². The van der Waals surface area contributed by atoms with Crippen LogP contribution < -0.4 is 0 Å². The molecule has 1 aliphatic heterocycles. The first-order chi connectivity index (χ1) is 8.98. The Bertz CT molecular complexity index is 443. The summed E-state index contributed by atoms with van der Waals surface area (Å²) in [4.78, 5) is 14.5. The van der Waals surface area contributed by atoms with Gasteiger partial charge in [0.15, 0.2) is 5.78 Å². The molecule has 0 radical (unpaired) electrons. The van der Waals surface area contributed by atoms with E-state index in [2.05, 4.69) is 0 Å². The molecule has 1 N–H and O–H groups in total. The van der Waals surface area contributed by atoms with E-state index in [-0.39, 0.29) is 5.78 Å². The van der Waals surface area contributed by atoms with Crippen LogP contribution in [0, 0.1) is 0 Å². The Hall–Kier alpha value is -0.460. The van der Waals surface area contributed by atoms with Crippen LogP contribution in [0.3, 0.4) is 0 Å². The third kappa shape index (κ3) is 4.26. The molecule has 0 aliphatic carbocycles. The molecule has 0 aromatic carbocycles. The molecule has 6 heteroatoms. The van der Waals surface area contributed by atoms with E-state index < -0.39 is 5.60 Å². The standard InChI is InChI=1S/C13H18ClNO3S/c1-15(9-13(17)4-6-18-7-5-13)8-10(16)11-2-3-12(14)19-11/h2-3,17H,4-9H2,1H3. The van der Waals surface area contributed by atoms with Crippen LogP contribution >= 0.6 is 22.9 Å². The number of ether oxygens (including phenoxy) is 1. The Kier molecular flexibility index (Phi) is 4.97. The second-order valence-corrected chi connectivity index (χ2v) is 6.75. The van der Waals surface area contributed by atoms with E-state index in [0.717, 1.165) is 0 Å². The first-order valence-electron chi connectivity index (χ1n) is 6.26. The van der Waals surface area contributed by atoms with Crippen LogP contribution in [0.2, 0.25) is 4.34 Å². The first kappa shape index (κ1) is 14.9. The fourth-order valence-electron chi connectivity index (χ4n) is 2.26. The Morgan fingerprint density at radius 3 is 2.79 bits per heavy atom. The average molecular weight is 304 g/mol. The summed E-state index contributed by atoms with van der Waals surface area (Å²) in [7, 11) is 1.85. The van der Waals surface area contributed by atoms with Crippen molar-refractivity contribution >= 4 is 28.7 Å². The number of carbonyl (C=O) groups excluding carboxylic acids is 1. The summed E-state index contributed by atoms with van der Waals surface area (Å²) in [5, 5.41) is 10.4. The van der Waals surface area contributed by atoms with Gasteiger partial charge in [0.1, 0.15) is 0 Å². The molecule has 0 bridgehead atoms. The molecule has 106 valence electrons. The van der Waals surface area contributed by atoms with E-state index in [1.165, 1.54) is 11.3 Å². The topological polar surface area (TPSA) is 49.8 Å². The smallest absolute Gasteiger partial charge is 0.186 e. The predicted molar refractivity (Wildman–Crippen MR) is 76.2 cm³/mol. The summed E-state index contributed by atoms with van der Waals surface area (Å²) >= 11 is 7.11. The summed E-state index contributed by atoms with van der Waals surface area (Å²) in [6.07, 6.45) is 1.24. The molecule has 0 atom stereocenters. The largest absolute Gasteiger partial charge is 0.388 e. The minimum atomic E-state index is -0.736. The molecule has 0 unspecified atom stereocenters. The van der Waals surface area contributed by atoms with Crippen molar-refractivity contribution in [3.05, 3.63) is 21.3 Å². The lowest BCUT2D eigenvalue weighted by atomic mass is 9.94. The number of rotatable bonds is 5. The van der Waals surface area contributed by atoms with Crippen molar-refractivity contribution in [1.82, 2.24) is 4.90 Å². The second kappa shape index (κ2) is 6.33. The van der Waals surface area contributed by atoms with Gasteiger partial charge in [0.2, 0.25) is 0 Å². The van der Waals surface area contributed by atoms with Crippen molar-refractivity contribution in [3.63, 3.8) is 0 Å². The van der Waals surface area contributed by atoms with Crippen LogP contribution in [0.25, 0.3) is 0 Å². The molecule has 4 nitrogen and oxygen atoms in total. The lowest BCUT2D eigenvalue weighted by Crippen LogP contribution is -2.46. The molecule has 1 fully saturated rings. The number of nitrogens with zero attached hydrogens (tertiary/aromatic N) is 1. The van der Waals surface area contributed by atoms with Gasteiger partial charge in [-0.05, 0) is 19.2 Å². The zero-order chi connectivity index (χ0) is 13.9. The second-order valence-electron chi connectivity index (χ2n) is 5.04. The molecule has 19 heavy (non-hydrogen) atoms. The summed E-state index contributed by atoms with van der Waals surface area (Å²) < 4.78 is 5.86. The molecular weight excluding hydrogens is 286 g/mol. The van der Waals surface area contributed by atoms with Crippen LogP contribution in [-0.4, -0.2) is 54.7 Å². The first-order valence-corrected chi connectivity index (χ1v) is 7.45. The van der Waals surface area contributed by atoms with Gasteiger partial charge in [-0.25, -0.2) is 0 Å². The molecule has 1 aromatic heterocycles. The lowest BCUT2D eigenvalue weighted by Gasteiger charge is -2.35. The Morgan fingerprint density at radius 2 is 2.21 bits per heavy atom. The Balaban J connectivity index is 1.86. The van der Waals surface area contributed by atoms with Crippen LogP contribution in [0.1, 0.15) is 22.5 Å². The van der Waals surface area contributed by atoms with Gasteiger partial charge in [-0.2, -0.15) is 0 Å². The van der Waals surface area contributed by atoms with Crippen molar-refractivity contribution in [3.8, 4) is 0 Å². The van der Waals surface area contributed by atoms with E-state index >= 15 is 0 Å². The zero-order valence-corrected chi connectivity index (χ0v) is 12.5. The zero-order valence-electron chi connectivity index (χ0n) is 10.9. The molecule has 0 saturated carbocycles. The minimum Gasteiger partial charge on any atom is -0.388 e. The highest BCUT2D eigenvalue weighted by Gasteiger charge is 2.31. The number of halogens is 1. The number of likely N-dealkylation sites (N-methyl/N-ethyl adjacent to an activating group) is 1. The molecule has 1 aliphatic rings. The summed E-state index contributed by atoms with van der Waals surface area (Å²) in [6.45, 7) is 1.94. The molecule has 1 saturated heterocycles. The lowest BCUT2D eigenvalue weighted by molar-refractivity contribution is -0.0758. The molecule has 0 spiro atoms. The number of ketones is 1. The highest BCUT2D eigenvalue weighted by Crippen LogP contribution is 2.23. The number of hydrogen-bond donors (Lipinski definition) is 1. The van der Waals surface area contributed by atoms with Crippen molar-refractivity contribution in [2.45, 2.75) is 18.4 Å². The van der Waals surface area contributed by atoms with E-state index in [0.29, 0.717) is 48.4 Å². The van der Waals surface area contributed by atoms with E-state index in [1.807, 2.05) is 11.9 Å². The number of aliphatic hydroxyl groups is 1. The molecule has 1 aromatic rings. The Morgan fingerprint density at radius 1 is 1.53 bits per heavy atom. The SMILES string of the molecule is CN(CC(=O)c1ccc(Cl)s1)CC1(O)CCOCC1. The number of Topliss-reactive ketones (excluding diaryl/α,β-unsaturated/α-hetero) is 1. The van der Waals surface area contributed by atoms with Crippen LogP contribution in [0.15, 0.2) is 12.1 Å². The average Bonchev–Trinajstić information content (AvgIpc) is 2.76. The van der Waals surface area contributed by atoms with Crippen molar-refractivity contribution in [2.24, 2.45) is 0 Å². The molecule has 0 amide bonds. The van der Waals surface area contributed by atoms with E-state index in [9.17, 15) is 9.90 Å². The maximum atomic E-state index is 12.0. The molecule has 2 rings (SSSR count). The van der Waals surface area contributed by atoms with Gasteiger partial charge in [0.05, 0.1) is 21.4 Å². The van der Waals surface area contributed by atoms with Gasteiger partial charge in [-0.15, -0.1) is 11.3 Å². The molecular formula is C13H18ClNO3S. The normalized spacial score (nSPS) is 18.7. The quantitative estimate of drug-likeness (QED) is 0.846. The fourth-order valence-corrected chi connectivity index (χ4v) is 3.23. The number of hydrogen-bond acceptors (Lipinski definition) is 5. The van der Waals surface area contributed by atoms with Gasteiger partial charge in [-0.1, -0.05) is 11.6 Å². The van der Waals surface area contributed by atoms with Gasteiger partial charge in [-0.3, -0.25) is 9.69 Å². The van der Waals surface area contributed by atoms with Gasteiger partial charge in [0, 0.05) is 32.6 Å². The van der Waals surface area contributed by atoms with Crippen molar-refractivity contribution in [2.75, 3.05) is 33.4 Å². The van der Waals surface area contributed by atoms with Crippen LogP contribution in [0.5, 0.6) is 0 Å². The van der Waals surface area contributed by atoms with E-state index in [1.54, 1.807) is 12.1 Å². The van der Waals surface area contributed by atoms with Crippen molar-refractivity contribution < 1.29 is 14.6 Å². The van der Waals surface area contributed by atoms with E-state index in [4.69, 9.17) is 16.3 Å². The maximum Gasteiger partial charge on any atom is 0.186 e. The highest BCUT2D eigenvalue weighted by atomic mass is 35.5. The van der Waals surface area contributed by atoms with Gasteiger partial charge >= 0.3 is 0 Å². The number of carbonyl (C=O) groups is 1. The monoisotopic (exact) mass is 303 g/mol.